The maximum atomic E-state index is 14.9. The lowest BCUT2D eigenvalue weighted by atomic mass is 10.0. The highest BCUT2D eigenvalue weighted by molar-refractivity contribution is 8.01. The van der Waals surface area contributed by atoms with Crippen LogP contribution in [-0.4, -0.2) is 11.0 Å². The fourth-order valence-corrected chi connectivity index (χ4v) is 7.63. The van der Waals surface area contributed by atoms with Crippen LogP contribution in [0.15, 0.2) is 42.5 Å². The predicted octanol–water partition coefficient (Wildman–Crippen LogP) is 6.82. The Balaban J connectivity index is 2.39. The van der Waals surface area contributed by atoms with Crippen LogP contribution in [0.3, 0.4) is 0 Å². The Morgan fingerprint density at radius 2 is 0.906 bits per heavy atom. The predicted molar refractivity (Wildman–Crippen MR) is 133 cm³/mol. The van der Waals surface area contributed by atoms with Crippen molar-refractivity contribution in [3.05, 3.63) is 98.1 Å². The molecule has 0 heterocycles. The van der Waals surface area contributed by atoms with Crippen LogP contribution in [0, 0.1) is 55.4 Å². The summed E-state index contributed by atoms with van der Waals surface area (Å²) in [5, 5.41) is 0.339. The van der Waals surface area contributed by atoms with E-state index in [1.54, 1.807) is 6.07 Å². The van der Waals surface area contributed by atoms with Crippen molar-refractivity contribution in [2.45, 2.75) is 55.4 Å². The summed E-state index contributed by atoms with van der Waals surface area (Å²) in [5.74, 6) is 0. The molecule has 3 aromatic rings. The maximum Gasteiger partial charge on any atom is 0.248 e. The Bertz CT molecular complexity index is 1190. The number of hydrogen-bond acceptors (Lipinski definition) is 3. The molecule has 0 radical (unpaired) electrons. The van der Waals surface area contributed by atoms with Crippen LogP contribution in [0.2, 0.25) is 0 Å². The highest BCUT2D eigenvalue weighted by atomic mass is 31.2. The minimum absolute atomic E-state index is 0.339. The van der Waals surface area contributed by atoms with Gasteiger partial charge in [-0.25, -0.2) is 0 Å². The summed E-state index contributed by atoms with van der Waals surface area (Å²) in [6, 6.07) is 13.1. The second-order valence-electron chi connectivity index (χ2n) is 9.06. The summed E-state index contributed by atoms with van der Waals surface area (Å²) in [6.07, 6.45) is 0. The first-order valence-corrected chi connectivity index (χ1v) is 12.5. The van der Waals surface area contributed by atoms with Gasteiger partial charge in [0.2, 0.25) is 18.2 Å². The number of benzene rings is 3. The van der Waals surface area contributed by atoms with Crippen LogP contribution < -0.4 is 5.30 Å². The van der Waals surface area contributed by atoms with Crippen molar-refractivity contribution >= 4 is 23.5 Å². The molecule has 4 heteroatoms. The van der Waals surface area contributed by atoms with Crippen molar-refractivity contribution in [2.24, 2.45) is 0 Å². The van der Waals surface area contributed by atoms with Gasteiger partial charge in [-0.2, -0.15) is 0 Å². The van der Waals surface area contributed by atoms with Crippen molar-refractivity contribution in [3.8, 4) is 0 Å². The second kappa shape index (κ2) is 8.64. The van der Waals surface area contributed by atoms with E-state index in [1.165, 1.54) is 0 Å². The van der Waals surface area contributed by atoms with Crippen LogP contribution in [0.4, 0.5) is 0 Å². The lowest BCUT2D eigenvalue weighted by Crippen LogP contribution is -2.25. The van der Waals surface area contributed by atoms with Crippen LogP contribution >= 0.6 is 7.14 Å². The van der Waals surface area contributed by atoms with Gasteiger partial charge in [0.25, 0.3) is 0 Å². The van der Waals surface area contributed by atoms with Gasteiger partial charge in [0.05, 0.1) is 0 Å². The normalized spacial score (nSPS) is 11.5. The molecule has 0 fully saturated rings. The molecule has 3 nitrogen and oxygen atoms in total. The first kappa shape index (κ1) is 23.9. The van der Waals surface area contributed by atoms with Gasteiger partial charge in [-0.1, -0.05) is 53.1 Å². The topological polar surface area (TPSA) is 51.2 Å². The molecule has 0 atom stereocenters. The molecular formula is C28H31O3P. The zero-order valence-corrected chi connectivity index (χ0v) is 21.1. The third-order valence-electron chi connectivity index (χ3n) is 6.06. The zero-order chi connectivity index (χ0) is 24.0. The summed E-state index contributed by atoms with van der Waals surface area (Å²) < 4.78 is 14.9. The quantitative estimate of drug-likeness (QED) is 0.404. The molecule has 0 amide bonds. The Morgan fingerprint density at radius 3 is 1.28 bits per heavy atom. The molecule has 0 saturated carbocycles. The highest BCUT2D eigenvalue weighted by Gasteiger charge is 2.45. The standard InChI is InChI=1S/C28H31O3P/c1-16-9-10-19(4)24(15-16)32(31,27(29)25-20(5)11-17(2)12-21(25)6)28(30)26-22(7)13-18(3)14-23(26)8/h9-15H,1-8H3. The maximum absolute atomic E-state index is 14.9. The first-order valence-electron chi connectivity index (χ1n) is 10.8. The van der Waals surface area contributed by atoms with E-state index in [-0.39, 0.29) is 0 Å². The van der Waals surface area contributed by atoms with E-state index in [9.17, 15) is 14.2 Å². The summed E-state index contributed by atoms with van der Waals surface area (Å²) in [5.41, 5.74) is 6.16. The number of rotatable bonds is 5. The molecule has 3 rings (SSSR count). The van der Waals surface area contributed by atoms with Gasteiger partial charge in [-0.15, -0.1) is 0 Å². The molecule has 0 aliphatic rings. The van der Waals surface area contributed by atoms with E-state index in [2.05, 4.69) is 0 Å². The number of hydrogen-bond donors (Lipinski definition) is 0. The van der Waals surface area contributed by atoms with Crippen molar-refractivity contribution in [3.63, 3.8) is 0 Å². The molecule has 32 heavy (non-hydrogen) atoms. The van der Waals surface area contributed by atoms with Crippen LogP contribution in [0.1, 0.15) is 65.2 Å². The largest absolute Gasteiger partial charge is 0.302 e. The molecular weight excluding hydrogens is 415 g/mol. The molecule has 0 spiro atoms. The molecule has 0 aromatic heterocycles. The van der Waals surface area contributed by atoms with E-state index in [4.69, 9.17) is 0 Å². The average Bonchev–Trinajstić information content (AvgIpc) is 2.67. The molecule has 0 unspecified atom stereocenters. The van der Waals surface area contributed by atoms with Crippen LogP contribution in [0.25, 0.3) is 0 Å². The van der Waals surface area contributed by atoms with Gasteiger partial charge in [0, 0.05) is 16.4 Å². The van der Waals surface area contributed by atoms with Crippen molar-refractivity contribution < 1.29 is 14.2 Å². The van der Waals surface area contributed by atoms with Gasteiger partial charge in [0.1, 0.15) is 0 Å². The summed E-state index contributed by atoms with van der Waals surface area (Å²) in [6.45, 7) is 15.0. The number of aryl methyl sites for hydroxylation is 8. The monoisotopic (exact) mass is 446 g/mol. The van der Waals surface area contributed by atoms with Gasteiger partial charge in [-0.05, 0) is 89.3 Å². The number of carbonyl (C=O) groups is 2. The Morgan fingerprint density at radius 1 is 0.531 bits per heavy atom. The molecule has 0 saturated heterocycles. The van der Waals surface area contributed by atoms with Gasteiger partial charge >= 0.3 is 0 Å². The average molecular weight is 447 g/mol. The van der Waals surface area contributed by atoms with E-state index >= 15 is 0 Å². The van der Waals surface area contributed by atoms with Crippen LogP contribution in [-0.2, 0) is 4.57 Å². The third-order valence-corrected chi connectivity index (χ3v) is 8.81. The summed E-state index contributed by atoms with van der Waals surface area (Å²) >= 11 is 0. The summed E-state index contributed by atoms with van der Waals surface area (Å²) in [4.78, 5) is 28.2. The smallest absolute Gasteiger partial charge is 0.248 e. The Kier molecular flexibility index (Phi) is 6.45. The van der Waals surface area contributed by atoms with Crippen molar-refractivity contribution in [1.29, 1.82) is 0 Å². The van der Waals surface area contributed by atoms with Gasteiger partial charge < -0.3 is 4.57 Å². The van der Waals surface area contributed by atoms with E-state index in [1.807, 2.05) is 91.8 Å². The first-order chi connectivity index (χ1) is 14.9. The van der Waals surface area contributed by atoms with E-state index in [0.717, 1.165) is 38.9 Å². The van der Waals surface area contributed by atoms with Crippen LogP contribution in [0.5, 0.6) is 0 Å². The van der Waals surface area contributed by atoms with E-state index in [0.29, 0.717) is 22.0 Å². The molecule has 3 aromatic carbocycles. The minimum atomic E-state index is -4.18. The zero-order valence-electron chi connectivity index (χ0n) is 20.2. The number of carbonyl (C=O) groups excluding carboxylic acids is 2. The van der Waals surface area contributed by atoms with Gasteiger partial charge in [0.15, 0.2) is 0 Å². The van der Waals surface area contributed by atoms with E-state index < -0.39 is 18.2 Å². The third kappa shape index (κ3) is 4.02. The molecule has 166 valence electrons. The van der Waals surface area contributed by atoms with Crippen molar-refractivity contribution in [2.75, 3.05) is 0 Å². The highest BCUT2D eigenvalue weighted by Crippen LogP contribution is 2.53. The fourth-order valence-electron chi connectivity index (χ4n) is 4.72. The SMILES string of the molecule is Cc1cc(C)c(C(=O)P(=O)(C(=O)c2c(C)cc(C)cc2C)c2cc(C)ccc2C)c(C)c1. The molecule has 0 aliphatic heterocycles. The Labute approximate surface area is 191 Å². The van der Waals surface area contributed by atoms with Crippen molar-refractivity contribution in [1.82, 2.24) is 0 Å². The molecule has 0 bridgehead atoms. The second-order valence-corrected chi connectivity index (χ2v) is 11.6. The lowest BCUT2D eigenvalue weighted by molar-refractivity contribution is 0.104. The Hall–Kier alpha value is -2.77. The summed E-state index contributed by atoms with van der Waals surface area (Å²) in [7, 11) is -4.18. The minimum Gasteiger partial charge on any atom is -0.302 e. The molecule has 0 aliphatic carbocycles. The fraction of sp³-hybridized carbons (Fsp3) is 0.286. The van der Waals surface area contributed by atoms with Gasteiger partial charge in [-0.3, -0.25) is 9.59 Å². The molecule has 0 N–H and O–H groups in total. The lowest BCUT2D eigenvalue weighted by Gasteiger charge is -2.23.